The van der Waals surface area contributed by atoms with Gasteiger partial charge in [-0.05, 0) is 58.0 Å². The van der Waals surface area contributed by atoms with Gasteiger partial charge in [0.1, 0.15) is 5.92 Å². The van der Waals surface area contributed by atoms with Crippen molar-refractivity contribution < 1.29 is 28.5 Å². The van der Waals surface area contributed by atoms with Gasteiger partial charge < -0.3 is 18.9 Å². The normalized spacial score (nSPS) is 16.9. The highest BCUT2D eigenvalue weighted by atomic mass is 16.5. The van der Waals surface area contributed by atoms with E-state index in [9.17, 15) is 9.59 Å². The van der Waals surface area contributed by atoms with Crippen LogP contribution in [-0.4, -0.2) is 54.9 Å². The Bertz CT molecular complexity index is 1420. The molecule has 2 unspecified atom stereocenters. The molecule has 0 saturated carbocycles. The molecule has 0 amide bonds. The molecule has 0 fully saturated rings. The van der Waals surface area contributed by atoms with Crippen molar-refractivity contribution >= 4 is 17.7 Å². The number of aliphatic imine (C=N–C) groups is 1. The Labute approximate surface area is 228 Å². The van der Waals surface area contributed by atoms with E-state index in [0.717, 1.165) is 11.3 Å². The van der Waals surface area contributed by atoms with Crippen LogP contribution in [0, 0.1) is 5.92 Å². The number of benzene rings is 2. The van der Waals surface area contributed by atoms with Crippen LogP contribution in [0.3, 0.4) is 0 Å². The smallest absolute Gasteiger partial charge is 0.336 e. The van der Waals surface area contributed by atoms with Crippen molar-refractivity contribution in [2.75, 3.05) is 27.4 Å². The third kappa shape index (κ3) is 5.43. The summed E-state index contributed by atoms with van der Waals surface area (Å²) >= 11 is 0. The molecule has 39 heavy (non-hydrogen) atoms. The first kappa shape index (κ1) is 27.6. The lowest BCUT2D eigenvalue weighted by molar-refractivity contribution is -0.146. The molecule has 9 heteroatoms. The Morgan fingerprint density at radius 2 is 1.62 bits per heavy atom. The van der Waals surface area contributed by atoms with Gasteiger partial charge in [0.25, 0.3) is 0 Å². The molecule has 0 N–H and O–H groups in total. The van der Waals surface area contributed by atoms with Crippen molar-refractivity contribution in [2.24, 2.45) is 10.9 Å². The van der Waals surface area contributed by atoms with Crippen molar-refractivity contribution in [2.45, 2.75) is 33.6 Å². The number of nitrogens with zero attached hydrogens (tertiary/aromatic N) is 3. The van der Waals surface area contributed by atoms with Crippen LogP contribution in [0.4, 0.5) is 0 Å². The van der Waals surface area contributed by atoms with Gasteiger partial charge in [-0.3, -0.25) is 9.79 Å². The number of hydrogen-bond donors (Lipinski definition) is 0. The Kier molecular flexibility index (Phi) is 8.49. The van der Waals surface area contributed by atoms with E-state index >= 15 is 0 Å². The topological polar surface area (TPSA) is 101 Å². The summed E-state index contributed by atoms with van der Waals surface area (Å²) in [5.41, 5.74) is 4.11. The highest BCUT2D eigenvalue weighted by Crippen LogP contribution is 2.44. The molecule has 2 atom stereocenters. The standard InChI is InChI=1S/C30H33N3O6/c1-7-38-29(34)25-18(3)31-19(4)26(30(35)39-8-2)27(25)22-17-33(21-12-10-9-11-13-21)32-28(22)20-14-15-23(36-5)24(16-20)37-6/h9-17,25,27H,7-8H2,1-6H3. The summed E-state index contributed by atoms with van der Waals surface area (Å²) in [6.45, 7) is 7.39. The fraction of sp³-hybridized carbons (Fsp3) is 0.333. The lowest BCUT2D eigenvalue weighted by Gasteiger charge is -2.31. The molecule has 0 radical (unpaired) electrons. The lowest BCUT2D eigenvalue weighted by Crippen LogP contribution is -2.36. The molecule has 1 aliphatic heterocycles. The minimum Gasteiger partial charge on any atom is -0.493 e. The van der Waals surface area contributed by atoms with Crippen LogP contribution in [0.15, 0.2) is 71.0 Å². The predicted octanol–water partition coefficient (Wildman–Crippen LogP) is 5.13. The average molecular weight is 532 g/mol. The maximum absolute atomic E-state index is 13.4. The molecule has 2 aromatic carbocycles. The second-order valence-corrected chi connectivity index (χ2v) is 8.96. The fourth-order valence-corrected chi connectivity index (χ4v) is 4.92. The summed E-state index contributed by atoms with van der Waals surface area (Å²) in [6.07, 6.45) is 1.85. The second kappa shape index (κ2) is 12.0. The molecule has 4 rings (SSSR count). The quantitative estimate of drug-likeness (QED) is 0.353. The molecule has 0 aliphatic carbocycles. The van der Waals surface area contributed by atoms with Gasteiger partial charge in [0.15, 0.2) is 11.5 Å². The molecule has 2 heterocycles. The van der Waals surface area contributed by atoms with Gasteiger partial charge in [-0.1, -0.05) is 18.2 Å². The number of rotatable bonds is 9. The minimum atomic E-state index is -0.847. The van der Waals surface area contributed by atoms with Crippen molar-refractivity contribution in [3.8, 4) is 28.4 Å². The van der Waals surface area contributed by atoms with Crippen LogP contribution < -0.4 is 9.47 Å². The van der Waals surface area contributed by atoms with Crippen molar-refractivity contribution in [3.05, 3.63) is 71.6 Å². The van der Waals surface area contributed by atoms with Crippen molar-refractivity contribution in [1.82, 2.24) is 9.78 Å². The Hall–Kier alpha value is -4.40. The predicted molar refractivity (Wildman–Crippen MR) is 147 cm³/mol. The summed E-state index contributed by atoms with van der Waals surface area (Å²) in [5.74, 6) is -1.50. The van der Waals surface area contributed by atoms with Gasteiger partial charge in [0, 0.05) is 34.7 Å². The Morgan fingerprint density at radius 1 is 0.923 bits per heavy atom. The first-order valence-corrected chi connectivity index (χ1v) is 12.8. The van der Waals surface area contributed by atoms with Crippen LogP contribution in [0.2, 0.25) is 0 Å². The summed E-state index contributed by atoms with van der Waals surface area (Å²) in [5, 5.41) is 4.94. The van der Waals surface area contributed by atoms with E-state index in [0.29, 0.717) is 39.7 Å². The minimum absolute atomic E-state index is 0.181. The SMILES string of the molecule is CCOC(=O)C1=C(C)N=C(C)C(C(=O)OCC)C1c1cn(-c2ccccc2)nc1-c1ccc(OC)c(OC)c1. The fourth-order valence-electron chi connectivity index (χ4n) is 4.92. The molecule has 1 aliphatic rings. The van der Waals surface area contributed by atoms with Gasteiger partial charge in [-0.2, -0.15) is 5.10 Å². The van der Waals surface area contributed by atoms with E-state index in [4.69, 9.17) is 24.0 Å². The van der Waals surface area contributed by atoms with E-state index in [-0.39, 0.29) is 13.2 Å². The molecular weight excluding hydrogens is 498 g/mol. The number of carbonyl (C=O) groups excluding carboxylic acids is 2. The average Bonchev–Trinajstić information content (AvgIpc) is 3.38. The Morgan fingerprint density at radius 3 is 2.26 bits per heavy atom. The molecule has 0 spiro atoms. The molecule has 3 aromatic rings. The number of ether oxygens (including phenoxy) is 4. The van der Waals surface area contributed by atoms with Gasteiger partial charge in [0.05, 0.1) is 44.4 Å². The van der Waals surface area contributed by atoms with Crippen LogP contribution in [-0.2, 0) is 19.1 Å². The zero-order valence-electron chi connectivity index (χ0n) is 23.1. The summed E-state index contributed by atoms with van der Waals surface area (Å²) in [6, 6.07) is 15.1. The van der Waals surface area contributed by atoms with Crippen molar-refractivity contribution in [3.63, 3.8) is 0 Å². The van der Waals surface area contributed by atoms with Crippen LogP contribution >= 0.6 is 0 Å². The van der Waals surface area contributed by atoms with Crippen LogP contribution in [0.1, 0.15) is 39.2 Å². The van der Waals surface area contributed by atoms with Gasteiger partial charge in [-0.25, -0.2) is 9.48 Å². The zero-order valence-corrected chi connectivity index (χ0v) is 23.1. The van der Waals surface area contributed by atoms with E-state index < -0.39 is 23.8 Å². The molecular formula is C30H33N3O6. The first-order valence-electron chi connectivity index (χ1n) is 12.8. The maximum atomic E-state index is 13.4. The highest BCUT2D eigenvalue weighted by Gasteiger charge is 2.44. The first-order chi connectivity index (χ1) is 18.8. The van der Waals surface area contributed by atoms with E-state index in [1.807, 2.05) is 48.7 Å². The monoisotopic (exact) mass is 531 g/mol. The molecule has 204 valence electrons. The second-order valence-electron chi connectivity index (χ2n) is 8.96. The number of methoxy groups -OCH3 is 2. The van der Waals surface area contributed by atoms with Crippen LogP contribution in [0.25, 0.3) is 16.9 Å². The Balaban J connectivity index is 2.02. The molecule has 9 nitrogen and oxygen atoms in total. The number of allylic oxidation sites excluding steroid dienone is 1. The van der Waals surface area contributed by atoms with Gasteiger partial charge in [0.2, 0.25) is 0 Å². The maximum Gasteiger partial charge on any atom is 0.336 e. The molecule has 1 aromatic heterocycles. The van der Waals surface area contributed by atoms with Crippen molar-refractivity contribution in [1.29, 1.82) is 0 Å². The number of aromatic nitrogens is 2. The summed E-state index contributed by atoms with van der Waals surface area (Å²) in [4.78, 5) is 31.3. The largest absolute Gasteiger partial charge is 0.493 e. The van der Waals surface area contributed by atoms with E-state index in [2.05, 4.69) is 4.99 Å². The van der Waals surface area contributed by atoms with E-state index in [1.54, 1.807) is 52.7 Å². The van der Waals surface area contributed by atoms with Gasteiger partial charge in [-0.15, -0.1) is 0 Å². The van der Waals surface area contributed by atoms with E-state index in [1.165, 1.54) is 0 Å². The summed E-state index contributed by atoms with van der Waals surface area (Å²) < 4.78 is 23.6. The highest BCUT2D eigenvalue weighted by molar-refractivity contribution is 6.07. The number of hydrogen-bond acceptors (Lipinski definition) is 8. The lowest BCUT2D eigenvalue weighted by atomic mass is 9.75. The van der Waals surface area contributed by atoms with Crippen LogP contribution in [0.5, 0.6) is 11.5 Å². The zero-order chi connectivity index (χ0) is 28.1. The third-order valence-electron chi connectivity index (χ3n) is 6.62. The van der Waals surface area contributed by atoms with Gasteiger partial charge >= 0.3 is 11.9 Å². The molecule has 0 saturated heterocycles. The number of esters is 2. The summed E-state index contributed by atoms with van der Waals surface area (Å²) in [7, 11) is 3.13. The third-order valence-corrected chi connectivity index (χ3v) is 6.62. The number of carbonyl (C=O) groups is 2. The molecule has 0 bridgehead atoms. The number of para-hydroxylation sites is 1.